The van der Waals surface area contributed by atoms with Crippen molar-refractivity contribution in [3.8, 4) is 0 Å². The highest BCUT2D eigenvalue weighted by molar-refractivity contribution is 7.10. The number of hydrogen-bond acceptors (Lipinski definition) is 4. The summed E-state index contributed by atoms with van der Waals surface area (Å²) in [6.45, 7) is 6.23. The highest BCUT2D eigenvalue weighted by atomic mass is 32.1. The Morgan fingerprint density at radius 2 is 2.04 bits per heavy atom. The minimum absolute atomic E-state index is 0.106. The van der Waals surface area contributed by atoms with Gasteiger partial charge in [-0.05, 0) is 24.3 Å². The molecule has 0 saturated heterocycles. The second-order valence-electron chi connectivity index (χ2n) is 7.69. The summed E-state index contributed by atoms with van der Waals surface area (Å²) in [4.78, 5) is 18.6. The molecule has 130 valence electrons. The molecule has 2 aliphatic rings. The molecule has 0 radical (unpaired) electrons. The van der Waals surface area contributed by atoms with Gasteiger partial charge in [-0.25, -0.2) is 9.37 Å². The largest absolute Gasteiger partial charge is 0.342 e. The molecule has 1 aliphatic heterocycles. The zero-order valence-electron chi connectivity index (χ0n) is 14.6. The first kappa shape index (κ1) is 16.5. The van der Waals surface area contributed by atoms with Crippen molar-refractivity contribution in [2.45, 2.75) is 45.4 Å². The van der Waals surface area contributed by atoms with Crippen molar-refractivity contribution in [2.24, 2.45) is 5.41 Å². The third-order valence-corrected chi connectivity index (χ3v) is 6.38. The summed E-state index contributed by atoms with van der Waals surface area (Å²) in [6, 6.07) is 6.83. The second-order valence-corrected chi connectivity index (χ2v) is 8.54. The number of anilines is 1. The van der Waals surface area contributed by atoms with Crippen LogP contribution in [0.3, 0.4) is 0 Å². The van der Waals surface area contributed by atoms with E-state index in [0.717, 1.165) is 28.4 Å². The molecule has 3 nitrogen and oxygen atoms in total. The molecule has 0 amide bonds. The van der Waals surface area contributed by atoms with Crippen LogP contribution in [0, 0.1) is 11.2 Å². The lowest BCUT2D eigenvalue weighted by atomic mass is 9.62. The predicted molar refractivity (Wildman–Crippen MR) is 98.3 cm³/mol. The Morgan fingerprint density at radius 1 is 1.28 bits per heavy atom. The molecule has 25 heavy (non-hydrogen) atoms. The molecule has 1 aliphatic carbocycles. The summed E-state index contributed by atoms with van der Waals surface area (Å²) in [5, 5.41) is 3.38. The van der Waals surface area contributed by atoms with Crippen molar-refractivity contribution in [3.05, 3.63) is 57.3 Å². The van der Waals surface area contributed by atoms with Gasteiger partial charge < -0.3 is 5.32 Å². The molecular weight excluding hydrogens is 335 g/mol. The number of carbonyl (C=O) groups is 1. The van der Waals surface area contributed by atoms with Gasteiger partial charge >= 0.3 is 0 Å². The lowest BCUT2D eigenvalue weighted by Gasteiger charge is -2.44. The zero-order valence-corrected chi connectivity index (χ0v) is 15.5. The Labute approximate surface area is 151 Å². The topological polar surface area (TPSA) is 42.0 Å². The minimum Gasteiger partial charge on any atom is -0.342 e. The van der Waals surface area contributed by atoms with Crippen LogP contribution in [0.5, 0.6) is 0 Å². The summed E-state index contributed by atoms with van der Waals surface area (Å²) >= 11 is 1.49. The SMILES string of the molecule is CCC1(c2ccccc2F)C2=C(CC(C)(C)CC2=O)Nc2ncsc21. The van der Waals surface area contributed by atoms with Gasteiger partial charge in [-0.2, -0.15) is 0 Å². The van der Waals surface area contributed by atoms with E-state index >= 15 is 0 Å². The van der Waals surface area contributed by atoms with E-state index in [1.54, 1.807) is 11.6 Å². The summed E-state index contributed by atoms with van der Waals surface area (Å²) < 4.78 is 14.9. The van der Waals surface area contributed by atoms with Gasteiger partial charge in [0, 0.05) is 23.3 Å². The summed E-state index contributed by atoms with van der Waals surface area (Å²) in [5.41, 5.74) is 3.13. The third-order valence-electron chi connectivity index (χ3n) is 5.39. The second kappa shape index (κ2) is 5.49. The smallest absolute Gasteiger partial charge is 0.162 e. The fraction of sp³-hybridized carbons (Fsp3) is 0.400. The molecule has 0 saturated carbocycles. The van der Waals surface area contributed by atoms with E-state index < -0.39 is 5.41 Å². The van der Waals surface area contributed by atoms with E-state index in [-0.39, 0.29) is 17.0 Å². The fourth-order valence-corrected chi connectivity index (χ4v) is 5.45. The van der Waals surface area contributed by atoms with Gasteiger partial charge in [0.15, 0.2) is 5.78 Å². The van der Waals surface area contributed by atoms with E-state index in [1.165, 1.54) is 17.4 Å². The first-order chi connectivity index (χ1) is 11.9. The van der Waals surface area contributed by atoms with Crippen molar-refractivity contribution in [1.82, 2.24) is 4.98 Å². The average molecular weight is 356 g/mol. The molecule has 2 aromatic rings. The molecule has 4 rings (SSSR count). The Kier molecular flexibility index (Phi) is 3.62. The predicted octanol–water partition coefficient (Wildman–Crippen LogP) is 5.05. The number of fused-ring (bicyclic) bond motifs is 1. The molecule has 1 aromatic carbocycles. The van der Waals surface area contributed by atoms with E-state index in [2.05, 4.69) is 24.1 Å². The number of nitrogens with one attached hydrogen (secondary N) is 1. The number of thiazole rings is 1. The first-order valence-corrected chi connectivity index (χ1v) is 9.50. The monoisotopic (exact) mass is 356 g/mol. The van der Waals surface area contributed by atoms with Crippen molar-refractivity contribution < 1.29 is 9.18 Å². The molecule has 1 aromatic heterocycles. The van der Waals surface area contributed by atoms with Gasteiger partial charge in [0.1, 0.15) is 11.6 Å². The van der Waals surface area contributed by atoms with Crippen LogP contribution in [0.1, 0.15) is 50.5 Å². The Hall–Kier alpha value is -2.01. The zero-order chi connectivity index (χ0) is 17.8. The fourth-order valence-electron chi connectivity index (χ4n) is 4.41. The Morgan fingerprint density at radius 3 is 2.76 bits per heavy atom. The highest BCUT2D eigenvalue weighted by Gasteiger charge is 2.51. The van der Waals surface area contributed by atoms with E-state index in [9.17, 15) is 9.18 Å². The van der Waals surface area contributed by atoms with Crippen LogP contribution < -0.4 is 5.32 Å². The van der Waals surface area contributed by atoms with Crippen LogP contribution in [0.25, 0.3) is 0 Å². The van der Waals surface area contributed by atoms with Gasteiger partial charge in [-0.15, -0.1) is 11.3 Å². The number of Topliss-reactive ketones (excluding diaryl/α,β-unsaturated/α-hetero) is 1. The van der Waals surface area contributed by atoms with Gasteiger partial charge in [0.25, 0.3) is 0 Å². The maximum atomic E-state index is 14.9. The summed E-state index contributed by atoms with van der Waals surface area (Å²) in [7, 11) is 0. The van der Waals surface area contributed by atoms with Crippen molar-refractivity contribution in [2.75, 3.05) is 5.32 Å². The van der Waals surface area contributed by atoms with Crippen LogP contribution in [-0.4, -0.2) is 10.8 Å². The van der Waals surface area contributed by atoms with E-state index in [0.29, 0.717) is 18.4 Å². The number of halogens is 1. The molecule has 1 N–H and O–H groups in total. The number of nitrogens with zero attached hydrogens (tertiary/aromatic N) is 1. The summed E-state index contributed by atoms with van der Waals surface area (Å²) in [6.07, 6.45) is 1.87. The molecule has 0 bridgehead atoms. The van der Waals surface area contributed by atoms with Gasteiger partial charge in [-0.1, -0.05) is 39.0 Å². The Bertz CT molecular complexity index is 899. The first-order valence-electron chi connectivity index (χ1n) is 8.62. The maximum absolute atomic E-state index is 14.9. The third kappa shape index (κ3) is 2.29. The molecular formula is C20H21FN2OS. The highest BCUT2D eigenvalue weighted by Crippen LogP contribution is 2.55. The normalized spacial score (nSPS) is 24.6. The van der Waals surface area contributed by atoms with Crippen LogP contribution in [0.2, 0.25) is 0 Å². The molecule has 2 heterocycles. The quantitative estimate of drug-likeness (QED) is 0.819. The van der Waals surface area contributed by atoms with Crippen LogP contribution >= 0.6 is 11.3 Å². The van der Waals surface area contributed by atoms with Crippen molar-refractivity contribution in [1.29, 1.82) is 0 Å². The molecule has 5 heteroatoms. The Balaban J connectivity index is 2.06. The van der Waals surface area contributed by atoms with Crippen LogP contribution in [-0.2, 0) is 10.2 Å². The molecule has 1 atom stereocenters. The number of rotatable bonds is 2. The molecule has 0 fully saturated rings. The molecule has 0 spiro atoms. The molecule has 1 unspecified atom stereocenters. The maximum Gasteiger partial charge on any atom is 0.162 e. The number of aromatic nitrogens is 1. The number of carbonyl (C=O) groups excluding carboxylic acids is 1. The van der Waals surface area contributed by atoms with Gasteiger partial charge in [0.05, 0.1) is 15.8 Å². The lowest BCUT2D eigenvalue weighted by Crippen LogP contribution is -2.43. The standard InChI is InChI=1S/C20H21FN2OS/c1-4-20(12-7-5-6-8-13(12)21)16-14(9-19(2,3)10-15(16)24)23-18-17(20)25-11-22-18/h5-8,11,23H,4,9-10H2,1-3H3. The number of benzene rings is 1. The van der Waals surface area contributed by atoms with Crippen LogP contribution in [0.15, 0.2) is 41.0 Å². The number of hydrogen-bond donors (Lipinski definition) is 1. The van der Waals surface area contributed by atoms with Gasteiger partial charge in [-0.3, -0.25) is 4.79 Å². The number of allylic oxidation sites excluding steroid dienone is 2. The lowest BCUT2D eigenvalue weighted by molar-refractivity contribution is -0.118. The minimum atomic E-state index is -0.754. The summed E-state index contributed by atoms with van der Waals surface area (Å²) in [5.74, 6) is 0.609. The van der Waals surface area contributed by atoms with Crippen LogP contribution in [0.4, 0.5) is 10.2 Å². The number of ketones is 1. The van der Waals surface area contributed by atoms with E-state index in [4.69, 9.17) is 0 Å². The van der Waals surface area contributed by atoms with Gasteiger partial charge in [0.2, 0.25) is 0 Å². The van der Waals surface area contributed by atoms with Crippen molar-refractivity contribution in [3.63, 3.8) is 0 Å². The van der Waals surface area contributed by atoms with E-state index in [1.807, 2.05) is 19.1 Å². The average Bonchev–Trinajstić information content (AvgIpc) is 3.01. The van der Waals surface area contributed by atoms with Crippen molar-refractivity contribution >= 4 is 22.9 Å².